The Hall–Kier alpha value is -3.37. The number of para-hydroxylation sites is 1. The van der Waals surface area contributed by atoms with Crippen molar-refractivity contribution in [1.82, 2.24) is 9.73 Å². The van der Waals surface area contributed by atoms with Gasteiger partial charge in [-0.1, -0.05) is 32.0 Å². The maximum atomic E-state index is 12.6. The number of benzene rings is 2. The molecule has 0 atom stereocenters. The maximum absolute atomic E-state index is 12.6. The second-order valence-corrected chi connectivity index (χ2v) is 7.95. The second-order valence-electron chi connectivity index (χ2n) is 6.01. The van der Waals surface area contributed by atoms with Crippen LogP contribution in [-0.4, -0.2) is 42.9 Å². The molecule has 0 aliphatic rings. The minimum absolute atomic E-state index is 0.0270. The van der Waals surface area contributed by atoms with Crippen molar-refractivity contribution in [3.05, 3.63) is 75.8 Å². The van der Waals surface area contributed by atoms with E-state index in [2.05, 4.69) is 10.5 Å². The highest BCUT2D eigenvalue weighted by atomic mass is 32.2. The second kappa shape index (κ2) is 10.4. The molecule has 0 aliphatic heterocycles. The van der Waals surface area contributed by atoms with Crippen LogP contribution in [0.25, 0.3) is 6.08 Å². The van der Waals surface area contributed by atoms with Crippen molar-refractivity contribution in [3.8, 4) is 0 Å². The van der Waals surface area contributed by atoms with Crippen LogP contribution in [0, 0.1) is 10.1 Å². The van der Waals surface area contributed by atoms with Crippen LogP contribution in [0.5, 0.6) is 0 Å². The molecule has 0 aliphatic carbocycles. The monoisotopic (exact) mass is 430 g/mol. The molecule has 0 radical (unpaired) electrons. The number of carbonyl (C=O) groups excluding carboxylic acids is 1. The van der Waals surface area contributed by atoms with Crippen LogP contribution < -0.4 is 5.43 Å². The van der Waals surface area contributed by atoms with Crippen LogP contribution >= 0.6 is 0 Å². The van der Waals surface area contributed by atoms with Crippen LogP contribution in [0.2, 0.25) is 0 Å². The van der Waals surface area contributed by atoms with Gasteiger partial charge in [0.05, 0.1) is 15.4 Å². The zero-order valence-corrected chi connectivity index (χ0v) is 17.4. The minimum atomic E-state index is -3.68. The molecule has 0 heterocycles. The molecular weight excluding hydrogens is 408 g/mol. The summed E-state index contributed by atoms with van der Waals surface area (Å²) in [6, 6.07) is 11.9. The maximum Gasteiger partial charge on any atom is 0.276 e. The Kier molecular flexibility index (Phi) is 7.96. The molecule has 2 aromatic rings. The first-order chi connectivity index (χ1) is 14.3. The van der Waals surface area contributed by atoms with Gasteiger partial charge >= 0.3 is 0 Å². The molecule has 0 bridgehead atoms. The first-order valence-corrected chi connectivity index (χ1v) is 10.6. The molecule has 2 aromatic carbocycles. The van der Waals surface area contributed by atoms with E-state index in [1.165, 1.54) is 53.0 Å². The van der Waals surface area contributed by atoms with Gasteiger partial charge in [0.1, 0.15) is 0 Å². The van der Waals surface area contributed by atoms with Crippen molar-refractivity contribution in [2.45, 2.75) is 18.7 Å². The van der Waals surface area contributed by atoms with Crippen molar-refractivity contribution in [3.63, 3.8) is 0 Å². The summed E-state index contributed by atoms with van der Waals surface area (Å²) < 4.78 is 26.5. The molecule has 0 fully saturated rings. The highest BCUT2D eigenvalue weighted by Crippen LogP contribution is 2.19. The van der Waals surface area contributed by atoms with Gasteiger partial charge in [-0.2, -0.15) is 9.41 Å². The quantitative estimate of drug-likeness (QED) is 0.372. The SMILES string of the molecule is CCN(CC)S(=O)(=O)c1cccc(C(=O)N/N=C/C=C/c2ccccc2[N+](=O)[O-])c1. The number of amides is 1. The summed E-state index contributed by atoms with van der Waals surface area (Å²) >= 11 is 0. The van der Waals surface area contributed by atoms with Gasteiger partial charge < -0.3 is 0 Å². The van der Waals surface area contributed by atoms with Crippen LogP contribution in [0.3, 0.4) is 0 Å². The van der Waals surface area contributed by atoms with E-state index in [-0.39, 0.29) is 16.1 Å². The molecule has 10 heteroatoms. The zero-order chi connectivity index (χ0) is 22.1. The van der Waals surface area contributed by atoms with Crippen LogP contribution in [0.1, 0.15) is 29.8 Å². The standard InChI is InChI=1S/C20H22N4O5S/c1-3-23(4-2)30(28,29)18-12-7-10-17(15-18)20(25)22-21-14-8-11-16-9-5-6-13-19(16)24(26)27/h5-15H,3-4H2,1-2H3,(H,22,25)/b11-8+,21-14+. The summed E-state index contributed by atoms with van der Waals surface area (Å²) in [4.78, 5) is 22.8. The summed E-state index contributed by atoms with van der Waals surface area (Å²) in [6.45, 7) is 4.13. The molecule has 0 spiro atoms. The lowest BCUT2D eigenvalue weighted by atomic mass is 10.2. The largest absolute Gasteiger partial charge is 0.276 e. The van der Waals surface area contributed by atoms with Crippen molar-refractivity contribution in [2.75, 3.05) is 13.1 Å². The van der Waals surface area contributed by atoms with Gasteiger partial charge in [0.15, 0.2) is 0 Å². The molecule has 158 valence electrons. The lowest BCUT2D eigenvalue weighted by molar-refractivity contribution is -0.385. The zero-order valence-electron chi connectivity index (χ0n) is 16.6. The van der Waals surface area contributed by atoms with Crippen LogP contribution in [-0.2, 0) is 10.0 Å². The van der Waals surface area contributed by atoms with E-state index < -0.39 is 20.9 Å². The number of nitrogens with one attached hydrogen (secondary N) is 1. The third-order valence-corrected chi connectivity index (χ3v) is 6.22. The number of hydrazone groups is 1. The Labute approximate surface area is 174 Å². The summed E-state index contributed by atoms with van der Waals surface area (Å²) in [6.07, 6.45) is 4.21. The molecule has 0 aromatic heterocycles. The Bertz CT molecular complexity index is 1080. The minimum Gasteiger partial charge on any atom is -0.267 e. The first kappa shape index (κ1) is 22.9. The van der Waals surface area contributed by atoms with E-state index in [1.807, 2.05) is 0 Å². The van der Waals surface area contributed by atoms with Gasteiger partial charge in [0.2, 0.25) is 10.0 Å². The molecule has 9 nitrogen and oxygen atoms in total. The average Bonchev–Trinajstić information content (AvgIpc) is 2.74. The molecule has 2 rings (SSSR count). The molecular formula is C20H22N4O5S. The summed E-state index contributed by atoms with van der Waals surface area (Å²) in [5.74, 6) is -0.582. The molecule has 1 N–H and O–H groups in total. The van der Waals surface area contributed by atoms with E-state index in [0.29, 0.717) is 18.7 Å². The predicted molar refractivity (Wildman–Crippen MR) is 115 cm³/mol. The summed E-state index contributed by atoms with van der Waals surface area (Å²) in [7, 11) is -3.68. The summed E-state index contributed by atoms with van der Waals surface area (Å²) in [5, 5.41) is 14.7. The molecule has 0 saturated heterocycles. The Morgan fingerprint density at radius 2 is 1.87 bits per heavy atom. The number of carbonyl (C=O) groups is 1. The van der Waals surface area contributed by atoms with Crippen LogP contribution in [0.4, 0.5) is 5.69 Å². The van der Waals surface area contributed by atoms with Crippen molar-refractivity contribution >= 4 is 33.9 Å². The Morgan fingerprint density at radius 1 is 1.17 bits per heavy atom. The van der Waals surface area contributed by atoms with Gasteiger partial charge in [0, 0.05) is 30.9 Å². The first-order valence-electron chi connectivity index (χ1n) is 9.15. The molecule has 1 amide bonds. The lowest BCUT2D eigenvalue weighted by Gasteiger charge is -2.18. The van der Waals surface area contributed by atoms with Gasteiger partial charge in [-0.05, 0) is 36.4 Å². The number of nitrogens with zero attached hydrogens (tertiary/aromatic N) is 3. The molecule has 0 saturated carbocycles. The molecule has 0 unspecified atom stereocenters. The third-order valence-electron chi connectivity index (χ3n) is 4.18. The van der Waals surface area contributed by atoms with Crippen LogP contribution in [0.15, 0.2) is 64.6 Å². The average molecular weight is 430 g/mol. The van der Waals surface area contributed by atoms with Gasteiger partial charge in [0.25, 0.3) is 11.6 Å². The van der Waals surface area contributed by atoms with E-state index in [1.54, 1.807) is 32.0 Å². The fourth-order valence-corrected chi connectivity index (χ4v) is 4.16. The lowest BCUT2D eigenvalue weighted by Crippen LogP contribution is -2.30. The van der Waals surface area contributed by atoms with Gasteiger partial charge in [-0.3, -0.25) is 14.9 Å². The Balaban J connectivity index is 2.08. The number of rotatable bonds is 9. The van der Waals surface area contributed by atoms with Gasteiger partial charge in [-0.15, -0.1) is 0 Å². The fourth-order valence-electron chi connectivity index (χ4n) is 2.66. The van der Waals surface area contributed by atoms with E-state index in [0.717, 1.165) is 0 Å². The van der Waals surface area contributed by atoms with Crippen molar-refractivity contribution in [2.24, 2.45) is 5.10 Å². The van der Waals surface area contributed by atoms with Crippen molar-refractivity contribution < 1.29 is 18.1 Å². The van der Waals surface area contributed by atoms with E-state index in [4.69, 9.17) is 0 Å². The predicted octanol–water partition coefficient (Wildman–Crippen LogP) is 3.05. The highest BCUT2D eigenvalue weighted by Gasteiger charge is 2.22. The smallest absolute Gasteiger partial charge is 0.267 e. The number of allylic oxidation sites excluding steroid dienone is 1. The number of sulfonamides is 1. The van der Waals surface area contributed by atoms with E-state index >= 15 is 0 Å². The number of hydrogen-bond donors (Lipinski definition) is 1. The summed E-state index contributed by atoms with van der Waals surface area (Å²) in [5.41, 5.74) is 2.79. The normalized spacial score (nSPS) is 12.0. The van der Waals surface area contributed by atoms with E-state index in [9.17, 15) is 23.3 Å². The molecule has 30 heavy (non-hydrogen) atoms. The number of nitro groups is 1. The van der Waals surface area contributed by atoms with Gasteiger partial charge in [-0.25, -0.2) is 13.8 Å². The number of hydrogen-bond acceptors (Lipinski definition) is 6. The fraction of sp³-hybridized carbons (Fsp3) is 0.200. The highest BCUT2D eigenvalue weighted by molar-refractivity contribution is 7.89. The topological polar surface area (TPSA) is 122 Å². The van der Waals surface area contributed by atoms with Crippen molar-refractivity contribution in [1.29, 1.82) is 0 Å². The third kappa shape index (κ3) is 5.58. The number of nitro benzene ring substituents is 1. The Morgan fingerprint density at radius 3 is 2.53 bits per heavy atom.